The van der Waals surface area contributed by atoms with Gasteiger partial charge in [-0.3, -0.25) is 0 Å². The maximum atomic E-state index is 6.72. The van der Waals surface area contributed by atoms with E-state index < -0.39 is 5.41 Å². The van der Waals surface area contributed by atoms with Crippen molar-refractivity contribution in [2.75, 3.05) is 0 Å². The van der Waals surface area contributed by atoms with Gasteiger partial charge in [0.15, 0.2) is 0 Å². The molecule has 1 spiro atoms. The van der Waals surface area contributed by atoms with Crippen LogP contribution >= 0.6 is 0 Å². The summed E-state index contributed by atoms with van der Waals surface area (Å²) < 4.78 is 6.72. The molecule has 1 aliphatic heterocycles. The van der Waals surface area contributed by atoms with Gasteiger partial charge in [0.2, 0.25) is 0 Å². The predicted octanol–water partition coefficient (Wildman–Crippen LogP) is 11.8. The van der Waals surface area contributed by atoms with Gasteiger partial charge in [-0.2, -0.15) is 0 Å². The van der Waals surface area contributed by atoms with Crippen LogP contribution in [-0.2, 0) is 5.41 Å². The summed E-state index contributed by atoms with van der Waals surface area (Å²) in [5.74, 6) is 1.82. The Morgan fingerprint density at radius 1 is 0.348 bits per heavy atom. The van der Waals surface area contributed by atoms with Crippen molar-refractivity contribution in [3.8, 4) is 44.9 Å². The zero-order chi connectivity index (χ0) is 30.2. The molecule has 0 unspecified atom stereocenters. The Bertz CT molecular complexity index is 2460. The summed E-state index contributed by atoms with van der Waals surface area (Å²) in [5.41, 5.74) is 11.9. The van der Waals surface area contributed by atoms with Crippen molar-refractivity contribution in [2.45, 2.75) is 5.41 Å². The topological polar surface area (TPSA) is 9.23 Å². The van der Waals surface area contributed by atoms with E-state index in [2.05, 4.69) is 170 Å². The lowest BCUT2D eigenvalue weighted by atomic mass is 9.65. The lowest BCUT2D eigenvalue weighted by Gasteiger charge is -2.39. The molecule has 8 aromatic rings. The summed E-state index contributed by atoms with van der Waals surface area (Å²) in [4.78, 5) is 0. The standard InChI is InChI=1S/C45H28O/c1-2-13-29(14-3-1)37-27-30-15-4-5-16-32(30)36-20-12-19-33(44(36)37)31-25-26-43-41(28-31)45(40-23-10-11-24-42(40)46-43)38-21-8-6-17-34(38)35-18-7-9-22-39(35)45/h1-28H. The molecule has 1 heterocycles. The van der Waals surface area contributed by atoms with Gasteiger partial charge in [0.1, 0.15) is 11.5 Å². The molecule has 214 valence electrons. The molecule has 2 aliphatic rings. The average molecular weight is 585 g/mol. The average Bonchev–Trinajstić information content (AvgIpc) is 3.42. The fraction of sp³-hybridized carbons (Fsp3) is 0.0222. The summed E-state index contributed by atoms with van der Waals surface area (Å²) >= 11 is 0. The number of fused-ring (bicyclic) bond motifs is 12. The molecular formula is C45H28O. The van der Waals surface area contributed by atoms with Gasteiger partial charge in [-0.25, -0.2) is 0 Å². The molecular weight excluding hydrogens is 556 g/mol. The largest absolute Gasteiger partial charge is 0.457 e. The second kappa shape index (κ2) is 9.54. The number of rotatable bonds is 2. The van der Waals surface area contributed by atoms with Crippen LogP contribution in [0.1, 0.15) is 22.3 Å². The molecule has 0 aromatic heterocycles. The summed E-state index contributed by atoms with van der Waals surface area (Å²) in [5, 5.41) is 5.05. The van der Waals surface area contributed by atoms with E-state index in [4.69, 9.17) is 4.74 Å². The van der Waals surface area contributed by atoms with Crippen molar-refractivity contribution in [1.82, 2.24) is 0 Å². The normalized spacial score (nSPS) is 13.6. The molecule has 8 aromatic carbocycles. The van der Waals surface area contributed by atoms with Crippen molar-refractivity contribution >= 4 is 21.5 Å². The molecule has 1 nitrogen and oxygen atoms in total. The van der Waals surface area contributed by atoms with E-state index in [-0.39, 0.29) is 0 Å². The highest BCUT2D eigenvalue weighted by Gasteiger charge is 2.51. The Labute approximate surface area is 268 Å². The van der Waals surface area contributed by atoms with Crippen LogP contribution in [0.2, 0.25) is 0 Å². The first-order valence-corrected chi connectivity index (χ1v) is 15.9. The van der Waals surface area contributed by atoms with Gasteiger partial charge in [0, 0.05) is 11.1 Å². The maximum absolute atomic E-state index is 6.72. The fourth-order valence-electron chi connectivity index (χ4n) is 8.27. The van der Waals surface area contributed by atoms with Crippen LogP contribution in [0.4, 0.5) is 0 Å². The maximum Gasteiger partial charge on any atom is 0.132 e. The first-order valence-electron chi connectivity index (χ1n) is 15.9. The van der Waals surface area contributed by atoms with Crippen molar-refractivity contribution in [2.24, 2.45) is 0 Å². The fourth-order valence-corrected chi connectivity index (χ4v) is 8.27. The highest BCUT2D eigenvalue weighted by Crippen LogP contribution is 2.62. The van der Waals surface area contributed by atoms with E-state index in [1.54, 1.807) is 0 Å². The number of para-hydroxylation sites is 1. The van der Waals surface area contributed by atoms with E-state index in [0.29, 0.717) is 0 Å². The SMILES string of the molecule is c1ccc(-c2cc3ccccc3c3cccc(-c4ccc5c(c4)C4(c6ccccc6O5)c5ccccc5-c5ccccc54)c23)cc1. The Kier molecular flexibility index (Phi) is 5.27. The molecule has 0 radical (unpaired) electrons. The van der Waals surface area contributed by atoms with Crippen LogP contribution in [0.3, 0.4) is 0 Å². The number of hydrogen-bond acceptors (Lipinski definition) is 1. The summed E-state index contributed by atoms with van der Waals surface area (Å²) in [6.45, 7) is 0. The molecule has 0 saturated carbocycles. The van der Waals surface area contributed by atoms with Crippen LogP contribution in [0.15, 0.2) is 170 Å². The molecule has 10 rings (SSSR count). The van der Waals surface area contributed by atoms with Crippen molar-refractivity contribution < 1.29 is 4.74 Å². The monoisotopic (exact) mass is 584 g/mol. The highest BCUT2D eigenvalue weighted by atomic mass is 16.5. The van der Waals surface area contributed by atoms with Crippen LogP contribution in [-0.4, -0.2) is 0 Å². The van der Waals surface area contributed by atoms with Crippen LogP contribution in [0, 0.1) is 0 Å². The molecule has 1 aliphatic carbocycles. The Morgan fingerprint density at radius 3 is 1.76 bits per heavy atom. The molecule has 1 heteroatoms. The van der Waals surface area contributed by atoms with Gasteiger partial charge in [0.05, 0.1) is 5.41 Å². The second-order valence-corrected chi connectivity index (χ2v) is 12.4. The molecule has 46 heavy (non-hydrogen) atoms. The minimum absolute atomic E-state index is 0.493. The molecule has 0 atom stereocenters. The van der Waals surface area contributed by atoms with Crippen LogP contribution in [0.5, 0.6) is 11.5 Å². The quantitative estimate of drug-likeness (QED) is 0.184. The zero-order valence-electron chi connectivity index (χ0n) is 25.1. The zero-order valence-corrected chi connectivity index (χ0v) is 25.1. The van der Waals surface area contributed by atoms with E-state index in [1.165, 1.54) is 77.2 Å². The number of hydrogen-bond donors (Lipinski definition) is 0. The first kappa shape index (κ1) is 25.4. The lowest BCUT2D eigenvalue weighted by Crippen LogP contribution is -2.32. The van der Waals surface area contributed by atoms with E-state index in [1.807, 2.05) is 0 Å². The Balaban J connectivity index is 1.31. The van der Waals surface area contributed by atoms with Crippen LogP contribution in [0.25, 0.3) is 54.9 Å². The Morgan fingerprint density at radius 2 is 0.957 bits per heavy atom. The minimum Gasteiger partial charge on any atom is -0.457 e. The number of benzene rings is 8. The molecule has 0 N–H and O–H groups in total. The lowest BCUT2D eigenvalue weighted by molar-refractivity contribution is 0.436. The molecule has 0 saturated heterocycles. The first-order chi connectivity index (χ1) is 22.8. The minimum atomic E-state index is -0.493. The van der Waals surface area contributed by atoms with E-state index >= 15 is 0 Å². The highest BCUT2D eigenvalue weighted by molar-refractivity contribution is 6.18. The smallest absolute Gasteiger partial charge is 0.132 e. The third-order valence-electron chi connectivity index (χ3n) is 10.1. The Hall–Kier alpha value is -5.92. The van der Waals surface area contributed by atoms with Gasteiger partial charge in [0.25, 0.3) is 0 Å². The third kappa shape index (κ3) is 3.35. The van der Waals surface area contributed by atoms with Crippen molar-refractivity contribution in [3.63, 3.8) is 0 Å². The second-order valence-electron chi connectivity index (χ2n) is 12.4. The number of ether oxygens (including phenoxy) is 1. The van der Waals surface area contributed by atoms with Gasteiger partial charge in [-0.05, 0) is 90.3 Å². The van der Waals surface area contributed by atoms with Crippen molar-refractivity contribution in [1.29, 1.82) is 0 Å². The summed E-state index contributed by atoms with van der Waals surface area (Å²) in [6, 6.07) is 61.9. The molecule has 0 amide bonds. The molecule has 0 fully saturated rings. The van der Waals surface area contributed by atoms with Gasteiger partial charge >= 0.3 is 0 Å². The molecule has 0 bridgehead atoms. The van der Waals surface area contributed by atoms with Gasteiger partial charge in [-0.15, -0.1) is 0 Å². The van der Waals surface area contributed by atoms with E-state index in [9.17, 15) is 0 Å². The van der Waals surface area contributed by atoms with Gasteiger partial charge in [-0.1, -0.05) is 146 Å². The van der Waals surface area contributed by atoms with Crippen molar-refractivity contribution in [3.05, 3.63) is 192 Å². The summed E-state index contributed by atoms with van der Waals surface area (Å²) in [6.07, 6.45) is 0. The predicted molar refractivity (Wildman–Crippen MR) is 190 cm³/mol. The van der Waals surface area contributed by atoms with Gasteiger partial charge < -0.3 is 4.74 Å². The van der Waals surface area contributed by atoms with Crippen LogP contribution < -0.4 is 4.74 Å². The third-order valence-corrected chi connectivity index (χ3v) is 10.1. The van der Waals surface area contributed by atoms with E-state index in [0.717, 1.165) is 11.5 Å². The summed E-state index contributed by atoms with van der Waals surface area (Å²) in [7, 11) is 0.